The van der Waals surface area contributed by atoms with Gasteiger partial charge in [0, 0.05) is 18.2 Å². The Labute approximate surface area is 109 Å². The molecule has 0 saturated heterocycles. The molecular weight excluding hydrogens is 242 g/mol. The molecule has 0 radical (unpaired) electrons. The van der Waals surface area contributed by atoms with Crippen molar-refractivity contribution in [3.8, 4) is 17.0 Å². The number of nitrogens with zero attached hydrogens (tertiary/aromatic N) is 1. The minimum absolute atomic E-state index is 0.0775. The van der Waals surface area contributed by atoms with Crippen molar-refractivity contribution in [3.63, 3.8) is 0 Å². The van der Waals surface area contributed by atoms with Gasteiger partial charge in [0.2, 0.25) is 11.1 Å². The van der Waals surface area contributed by atoms with Crippen molar-refractivity contribution in [3.05, 3.63) is 59.1 Å². The number of aryl methyl sites for hydroxylation is 1. The van der Waals surface area contributed by atoms with Crippen LogP contribution >= 0.6 is 0 Å². The third-order valence-electron chi connectivity index (χ3n) is 3.09. The van der Waals surface area contributed by atoms with Gasteiger partial charge in [0.25, 0.3) is 0 Å². The summed E-state index contributed by atoms with van der Waals surface area (Å²) in [7, 11) is 1.87. The first-order chi connectivity index (χ1) is 9.16. The quantitative estimate of drug-likeness (QED) is 0.676. The van der Waals surface area contributed by atoms with E-state index in [1.54, 1.807) is 6.07 Å². The Hall–Kier alpha value is -2.62. The van der Waals surface area contributed by atoms with E-state index in [0.29, 0.717) is 16.5 Å². The van der Waals surface area contributed by atoms with Gasteiger partial charge in [0.05, 0.1) is 5.39 Å². The Morgan fingerprint density at radius 2 is 2.05 bits per heavy atom. The van der Waals surface area contributed by atoms with E-state index in [0.717, 1.165) is 5.69 Å². The zero-order valence-electron chi connectivity index (χ0n) is 10.3. The second-order valence-corrected chi connectivity index (χ2v) is 4.36. The van der Waals surface area contributed by atoms with Gasteiger partial charge in [0.1, 0.15) is 30.2 Å². The number of hydrogen-bond donors (Lipinski definition) is 1. The van der Waals surface area contributed by atoms with E-state index >= 15 is 0 Å². The molecule has 0 bridgehead atoms. The molecule has 1 aromatic carbocycles. The number of fused-ring (bicyclic) bond motifs is 1. The monoisotopic (exact) mass is 254 g/mol. The van der Waals surface area contributed by atoms with Crippen LogP contribution in [0, 0.1) is 0 Å². The normalized spacial score (nSPS) is 10.8. The highest BCUT2D eigenvalue weighted by molar-refractivity contribution is 5.81. The highest BCUT2D eigenvalue weighted by atomic mass is 16.3. The number of pyridine rings is 1. The predicted molar refractivity (Wildman–Crippen MR) is 70.8 cm³/mol. The topological polar surface area (TPSA) is 54.3 Å². The minimum Gasteiger partial charge on any atom is -0.508 e. The summed E-state index contributed by atoms with van der Waals surface area (Å²) >= 11 is 0. The van der Waals surface area contributed by atoms with Crippen molar-refractivity contribution >= 4 is 11.0 Å². The summed E-state index contributed by atoms with van der Waals surface area (Å²) in [6.07, 6.45) is 3.30. The molecule has 0 aliphatic rings. The van der Waals surface area contributed by atoms with Gasteiger partial charge >= 0.3 is 0 Å². The van der Waals surface area contributed by atoms with Crippen molar-refractivity contribution in [2.45, 2.75) is 0 Å². The fourth-order valence-corrected chi connectivity index (χ4v) is 2.10. The van der Waals surface area contributed by atoms with Gasteiger partial charge in [-0.15, -0.1) is 0 Å². The summed E-state index contributed by atoms with van der Waals surface area (Å²) in [6.45, 7) is 0. The SMILES string of the molecule is C[n+]1ccccc1-c1coc2cc(O)ccc2c1=O. The number of benzene rings is 1. The molecule has 94 valence electrons. The highest BCUT2D eigenvalue weighted by Crippen LogP contribution is 2.20. The van der Waals surface area contributed by atoms with Crippen LogP contribution < -0.4 is 10.00 Å². The molecule has 2 aromatic heterocycles. The molecular formula is C15H12NO3+. The van der Waals surface area contributed by atoms with Gasteiger partial charge in [-0.2, -0.15) is 0 Å². The Morgan fingerprint density at radius 3 is 2.84 bits per heavy atom. The van der Waals surface area contributed by atoms with E-state index in [1.807, 2.05) is 36.0 Å². The lowest BCUT2D eigenvalue weighted by atomic mass is 10.1. The Balaban J connectivity index is 2.33. The first-order valence-electron chi connectivity index (χ1n) is 5.86. The number of aromatic hydroxyl groups is 1. The van der Waals surface area contributed by atoms with E-state index in [1.165, 1.54) is 18.4 Å². The number of phenolic OH excluding ortho intramolecular Hbond substituents is 1. The van der Waals surface area contributed by atoms with Crippen LogP contribution in [0.3, 0.4) is 0 Å². The van der Waals surface area contributed by atoms with E-state index < -0.39 is 0 Å². The molecule has 0 saturated carbocycles. The van der Waals surface area contributed by atoms with Crippen molar-refractivity contribution < 1.29 is 14.1 Å². The van der Waals surface area contributed by atoms with E-state index in [4.69, 9.17) is 4.42 Å². The van der Waals surface area contributed by atoms with Crippen LogP contribution in [0.4, 0.5) is 0 Å². The zero-order valence-corrected chi connectivity index (χ0v) is 10.3. The summed E-state index contributed by atoms with van der Waals surface area (Å²) < 4.78 is 7.30. The minimum atomic E-state index is -0.108. The Kier molecular flexibility index (Phi) is 2.56. The molecule has 0 aliphatic carbocycles. The van der Waals surface area contributed by atoms with Crippen molar-refractivity contribution in [2.75, 3.05) is 0 Å². The number of rotatable bonds is 1. The fourth-order valence-electron chi connectivity index (χ4n) is 2.10. The van der Waals surface area contributed by atoms with Crippen LogP contribution in [0.25, 0.3) is 22.2 Å². The zero-order chi connectivity index (χ0) is 13.4. The Morgan fingerprint density at radius 1 is 1.21 bits per heavy atom. The third-order valence-corrected chi connectivity index (χ3v) is 3.09. The average Bonchev–Trinajstić information content (AvgIpc) is 2.40. The fraction of sp³-hybridized carbons (Fsp3) is 0.0667. The number of aromatic nitrogens is 1. The second-order valence-electron chi connectivity index (χ2n) is 4.36. The Bertz CT molecular complexity index is 821. The predicted octanol–water partition coefficient (Wildman–Crippen LogP) is 1.99. The molecule has 0 unspecified atom stereocenters. The van der Waals surface area contributed by atoms with Crippen LogP contribution in [0.2, 0.25) is 0 Å². The molecule has 19 heavy (non-hydrogen) atoms. The first kappa shape index (κ1) is 11.5. The van der Waals surface area contributed by atoms with Crippen LogP contribution in [0.1, 0.15) is 0 Å². The molecule has 3 aromatic rings. The summed E-state index contributed by atoms with van der Waals surface area (Å²) in [4.78, 5) is 12.4. The maximum atomic E-state index is 12.4. The summed E-state index contributed by atoms with van der Waals surface area (Å²) in [5.41, 5.74) is 1.56. The highest BCUT2D eigenvalue weighted by Gasteiger charge is 2.15. The van der Waals surface area contributed by atoms with Crippen molar-refractivity contribution in [1.82, 2.24) is 0 Å². The van der Waals surface area contributed by atoms with Gasteiger partial charge in [-0.05, 0) is 18.2 Å². The standard InChI is InChI=1S/C15H11NO3/c1-16-7-3-2-4-13(16)12-9-19-14-8-10(17)5-6-11(14)15(12)18/h2-9H,1H3/p+1. The maximum absolute atomic E-state index is 12.4. The number of hydrogen-bond acceptors (Lipinski definition) is 3. The van der Waals surface area contributed by atoms with Crippen LogP contribution in [-0.2, 0) is 7.05 Å². The first-order valence-corrected chi connectivity index (χ1v) is 5.86. The van der Waals surface area contributed by atoms with Crippen molar-refractivity contribution in [1.29, 1.82) is 0 Å². The van der Waals surface area contributed by atoms with E-state index in [-0.39, 0.29) is 11.2 Å². The lowest BCUT2D eigenvalue weighted by Crippen LogP contribution is -2.31. The van der Waals surface area contributed by atoms with Gasteiger partial charge in [-0.3, -0.25) is 4.79 Å². The van der Waals surface area contributed by atoms with Crippen LogP contribution in [0.5, 0.6) is 5.75 Å². The summed E-state index contributed by atoms with van der Waals surface area (Å²) in [5, 5.41) is 9.84. The molecule has 0 amide bonds. The molecule has 4 nitrogen and oxygen atoms in total. The lowest BCUT2D eigenvalue weighted by molar-refractivity contribution is -0.660. The molecule has 0 spiro atoms. The smallest absolute Gasteiger partial charge is 0.219 e. The number of phenols is 1. The molecule has 3 rings (SSSR count). The molecule has 0 atom stereocenters. The van der Waals surface area contributed by atoms with Gasteiger partial charge in [0.15, 0.2) is 6.20 Å². The van der Waals surface area contributed by atoms with Crippen LogP contribution in [-0.4, -0.2) is 5.11 Å². The van der Waals surface area contributed by atoms with Gasteiger partial charge < -0.3 is 9.52 Å². The molecule has 4 heteroatoms. The third kappa shape index (κ3) is 1.87. The molecule has 2 heterocycles. The molecule has 1 N–H and O–H groups in total. The molecule has 0 fully saturated rings. The lowest BCUT2D eigenvalue weighted by Gasteiger charge is -2.01. The molecule has 0 aliphatic heterocycles. The van der Waals surface area contributed by atoms with Crippen LogP contribution in [0.15, 0.2) is 58.1 Å². The van der Waals surface area contributed by atoms with E-state index in [2.05, 4.69) is 0 Å². The van der Waals surface area contributed by atoms with Gasteiger partial charge in [-0.1, -0.05) is 0 Å². The average molecular weight is 254 g/mol. The van der Waals surface area contributed by atoms with Crippen molar-refractivity contribution in [2.24, 2.45) is 7.05 Å². The summed E-state index contributed by atoms with van der Waals surface area (Å²) in [6, 6.07) is 10.1. The van der Waals surface area contributed by atoms with E-state index in [9.17, 15) is 9.90 Å². The van der Waals surface area contributed by atoms with Gasteiger partial charge in [-0.25, -0.2) is 4.57 Å². The largest absolute Gasteiger partial charge is 0.508 e. The maximum Gasteiger partial charge on any atom is 0.219 e. The summed E-state index contributed by atoms with van der Waals surface area (Å²) in [5.74, 6) is 0.0775. The second kappa shape index (κ2) is 4.24.